The standard InChI is InChI=1S/C18H25ClN4O4/c1-4-7-27-17-12(19)8-11(9-13(17)26-3)5-6-14(24)21-15-10(2)22-23-16(15)18(20)25/h5-6,8-10,15-16,22-23H,4,7H2,1-3H3,(H2,20,25)(H,21,24)/b6-5+. The zero-order valence-electron chi connectivity index (χ0n) is 15.5. The average Bonchev–Trinajstić information content (AvgIpc) is 2.99. The number of rotatable bonds is 8. The van der Waals surface area contributed by atoms with E-state index in [4.69, 9.17) is 26.8 Å². The van der Waals surface area contributed by atoms with Gasteiger partial charge >= 0.3 is 0 Å². The molecule has 1 saturated heterocycles. The molecule has 1 aromatic carbocycles. The summed E-state index contributed by atoms with van der Waals surface area (Å²) in [5, 5.41) is 3.17. The number of nitrogens with one attached hydrogen (secondary N) is 3. The van der Waals surface area contributed by atoms with Crippen molar-refractivity contribution in [2.45, 2.75) is 38.4 Å². The van der Waals surface area contributed by atoms with Gasteiger partial charge in [-0.1, -0.05) is 18.5 Å². The predicted octanol–water partition coefficient (Wildman–Crippen LogP) is 0.986. The van der Waals surface area contributed by atoms with E-state index in [1.165, 1.54) is 13.2 Å². The van der Waals surface area contributed by atoms with Gasteiger partial charge < -0.3 is 20.5 Å². The summed E-state index contributed by atoms with van der Waals surface area (Å²) < 4.78 is 10.9. The average molecular weight is 397 g/mol. The fourth-order valence-electron chi connectivity index (χ4n) is 2.71. The Hall–Kier alpha value is -2.29. The number of carbonyl (C=O) groups is 2. The minimum Gasteiger partial charge on any atom is -0.493 e. The van der Waals surface area contributed by atoms with Crippen molar-refractivity contribution in [3.05, 3.63) is 28.8 Å². The molecular formula is C18H25ClN4O4. The van der Waals surface area contributed by atoms with E-state index >= 15 is 0 Å². The van der Waals surface area contributed by atoms with Gasteiger partial charge in [0.1, 0.15) is 6.04 Å². The van der Waals surface area contributed by atoms with Crippen molar-refractivity contribution in [1.29, 1.82) is 0 Å². The molecule has 1 fully saturated rings. The van der Waals surface area contributed by atoms with Gasteiger partial charge in [-0.2, -0.15) is 0 Å². The van der Waals surface area contributed by atoms with Crippen molar-refractivity contribution in [2.75, 3.05) is 13.7 Å². The maximum atomic E-state index is 12.2. The fraction of sp³-hybridized carbons (Fsp3) is 0.444. The minimum atomic E-state index is -0.679. The third-order valence-corrected chi connectivity index (χ3v) is 4.39. The number of carbonyl (C=O) groups excluding carboxylic acids is 2. The van der Waals surface area contributed by atoms with E-state index < -0.39 is 18.0 Å². The number of ether oxygens (including phenoxy) is 2. The van der Waals surface area contributed by atoms with Crippen LogP contribution in [0.4, 0.5) is 0 Å². The molecule has 27 heavy (non-hydrogen) atoms. The highest BCUT2D eigenvalue weighted by molar-refractivity contribution is 6.32. The molecule has 0 spiro atoms. The first-order valence-corrected chi connectivity index (χ1v) is 9.04. The first kappa shape index (κ1) is 21.0. The van der Waals surface area contributed by atoms with Gasteiger partial charge in [0.2, 0.25) is 11.8 Å². The highest BCUT2D eigenvalue weighted by Gasteiger charge is 2.37. The molecule has 1 aromatic rings. The summed E-state index contributed by atoms with van der Waals surface area (Å²) in [5.41, 5.74) is 11.7. The van der Waals surface area contributed by atoms with E-state index in [9.17, 15) is 9.59 Å². The van der Waals surface area contributed by atoms with E-state index in [1.54, 1.807) is 18.2 Å². The third kappa shape index (κ3) is 5.35. The number of methoxy groups -OCH3 is 1. The quantitative estimate of drug-likeness (QED) is 0.487. The molecule has 3 atom stereocenters. The zero-order valence-corrected chi connectivity index (χ0v) is 16.3. The highest BCUT2D eigenvalue weighted by Crippen LogP contribution is 2.36. The van der Waals surface area contributed by atoms with Crippen molar-refractivity contribution in [3.8, 4) is 11.5 Å². The van der Waals surface area contributed by atoms with Gasteiger partial charge in [0.25, 0.3) is 0 Å². The molecule has 1 aliphatic rings. The molecule has 1 heterocycles. The van der Waals surface area contributed by atoms with Crippen LogP contribution in [0.5, 0.6) is 11.5 Å². The summed E-state index contributed by atoms with van der Waals surface area (Å²) in [6.45, 7) is 4.36. The molecule has 9 heteroatoms. The second-order valence-electron chi connectivity index (χ2n) is 6.21. The van der Waals surface area contributed by atoms with Crippen molar-refractivity contribution < 1.29 is 19.1 Å². The maximum absolute atomic E-state index is 12.2. The Bertz CT molecular complexity index is 726. The number of benzene rings is 1. The molecule has 5 N–H and O–H groups in total. The molecule has 0 saturated carbocycles. The van der Waals surface area contributed by atoms with E-state index in [1.807, 2.05) is 13.8 Å². The summed E-state index contributed by atoms with van der Waals surface area (Å²) in [4.78, 5) is 23.7. The van der Waals surface area contributed by atoms with Gasteiger partial charge in [0.05, 0.1) is 24.8 Å². The predicted molar refractivity (Wildman–Crippen MR) is 103 cm³/mol. The Kier molecular flexibility index (Phi) is 7.46. The molecule has 148 valence electrons. The van der Waals surface area contributed by atoms with E-state index in [0.717, 1.165) is 6.42 Å². The number of halogens is 1. The van der Waals surface area contributed by atoms with Gasteiger partial charge in [-0.25, -0.2) is 5.43 Å². The molecule has 1 aliphatic heterocycles. The minimum absolute atomic E-state index is 0.149. The molecule has 0 radical (unpaired) electrons. The lowest BCUT2D eigenvalue weighted by molar-refractivity contribution is -0.121. The first-order chi connectivity index (χ1) is 12.9. The number of nitrogens with two attached hydrogens (primary N) is 1. The maximum Gasteiger partial charge on any atom is 0.244 e. The van der Waals surface area contributed by atoms with E-state index in [2.05, 4.69) is 16.2 Å². The molecule has 0 aromatic heterocycles. The Morgan fingerprint density at radius 3 is 2.74 bits per heavy atom. The van der Waals surface area contributed by atoms with Crippen molar-refractivity contribution in [2.24, 2.45) is 5.73 Å². The summed E-state index contributed by atoms with van der Waals surface area (Å²) in [6.07, 6.45) is 3.81. The summed E-state index contributed by atoms with van der Waals surface area (Å²) in [6, 6.07) is 2.13. The van der Waals surface area contributed by atoms with Gasteiger partial charge in [0, 0.05) is 12.1 Å². The molecule has 3 unspecified atom stereocenters. The summed E-state index contributed by atoms with van der Waals surface area (Å²) in [5.74, 6) is 0.0665. The Morgan fingerprint density at radius 1 is 1.37 bits per heavy atom. The lowest BCUT2D eigenvalue weighted by Gasteiger charge is -2.19. The van der Waals surface area contributed by atoms with Crippen molar-refractivity contribution >= 4 is 29.5 Å². The van der Waals surface area contributed by atoms with Gasteiger partial charge in [-0.05, 0) is 37.1 Å². The number of primary amides is 1. The van der Waals surface area contributed by atoms with Crippen LogP contribution in [-0.2, 0) is 9.59 Å². The zero-order chi connectivity index (χ0) is 20.0. The molecular weight excluding hydrogens is 372 g/mol. The topological polar surface area (TPSA) is 115 Å². The Labute approximate surface area is 163 Å². The SMILES string of the molecule is CCCOc1c(Cl)cc(/C=C/C(=O)NC2C(C)NNC2C(N)=O)cc1OC. The largest absolute Gasteiger partial charge is 0.493 e. The monoisotopic (exact) mass is 396 g/mol. The highest BCUT2D eigenvalue weighted by atomic mass is 35.5. The third-order valence-electron chi connectivity index (χ3n) is 4.11. The Morgan fingerprint density at radius 2 is 2.11 bits per heavy atom. The van der Waals surface area contributed by atoms with Gasteiger partial charge in [0.15, 0.2) is 11.5 Å². The van der Waals surface area contributed by atoms with E-state index in [-0.39, 0.29) is 11.9 Å². The van der Waals surface area contributed by atoms with Crippen LogP contribution in [0, 0.1) is 0 Å². The molecule has 0 bridgehead atoms. The smallest absolute Gasteiger partial charge is 0.244 e. The molecule has 0 aliphatic carbocycles. The summed E-state index contributed by atoms with van der Waals surface area (Å²) in [7, 11) is 1.52. The number of hydrogen-bond donors (Lipinski definition) is 4. The normalized spacial score (nSPS) is 22.0. The van der Waals surface area contributed by atoms with Crippen LogP contribution >= 0.6 is 11.6 Å². The van der Waals surface area contributed by atoms with Crippen LogP contribution in [0.3, 0.4) is 0 Å². The second kappa shape index (κ2) is 9.59. The number of hydrogen-bond acceptors (Lipinski definition) is 6. The van der Waals surface area contributed by atoms with Gasteiger partial charge in [-0.15, -0.1) is 0 Å². The van der Waals surface area contributed by atoms with Crippen molar-refractivity contribution in [3.63, 3.8) is 0 Å². The van der Waals surface area contributed by atoms with Crippen LogP contribution in [0.15, 0.2) is 18.2 Å². The van der Waals surface area contributed by atoms with Gasteiger partial charge in [-0.3, -0.25) is 15.0 Å². The van der Waals surface area contributed by atoms with Crippen LogP contribution in [-0.4, -0.2) is 43.7 Å². The molecule has 2 rings (SSSR count). The van der Waals surface area contributed by atoms with Crippen LogP contribution in [0.2, 0.25) is 5.02 Å². The lowest BCUT2D eigenvalue weighted by Crippen LogP contribution is -2.52. The van der Waals surface area contributed by atoms with Crippen molar-refractivity contribution in [1.82, 2.24) is 16.2 Å². The Balaban J connectivity index is 2.09. The molecule has 8 nitrogen and oxygen atoms in total. The molecule has 2 amide bonds. The number of amides is 2. The fourth-order valence-corrected chi connectivity index (χ4v) is 2.98. The first-order valence-electron chi connectivity index (χ1n) is 8.66. The van der Waals surface area contributed by atoms with Crippen LogP contribution in [0.25, 0.3) is 6.08 Å². The van der Waals surface area contributed by atoms with E-state index in [0.29, 0.717) is 28.7 Å². The summed E-state index contributed by atoms with van der Waals surface area (Å²) >= 11 is 6.27. The van der Waals surface area contributed by atoms with Crippen LogP contribution in [0.1, 0.15) is 25.8 Å². The second-order valence-corrected chi connectivity index (χ2v) is 6.61. The lowest BCUT2D eigenvalue weighted by atomic mass is 10.0. The number of hydrazine groups is 1. The van der Waals surface area contributed by atoms with Crippen LogP contribution < -0.4 is 31.4 Å².